The molecule has 110 valence electrons. The molecule has 0 aliphatic carbocycles. The second-order valence-corrected chi connectivity index (χ2v) is 5.55. The number of carbonyl (C=O) groups excluding carboxylic acids is 1. The molecule has 0 bridgehead atoms. The van der Waals surface area contributed by atoms with E-state index in [1.807, 2.05) is 34.6 Å². The summed E-state index contributed by atoms with van der Waals surface area (Å²) in [6, 6.07) is 5.49. The zero-order valence-corrected chi connectivity index (χ0v) is 13.1. The smallest absolute Gasteiger partial charge is 0.268 e. The minimum atomic E-state index is -0.0968. The van der Waals surface area contributed by atoms with E-state index in [-0.39, 0.29) is 5.91 Å². The van der Waals surface area contributed by atoms with E-state index in [4.69, 9.17) is 4.42 Å². The molecule has 0 saturated carbocycles. The Morgan fingerprint density at radius 3 is 3.05 bits per heavy atom. The number of rotatable bonds is 5. The first kappa shape index (κ1) is 13.9. The summed E-state index contributed by atoms with van der Waals surface area (Å²) in [6.07, 6.45) is 4.49. The Bertz CT molecular complexity index is 757. The molecular formula is C14H15BrN4O2. The molecule has 0 spiro atoms. The van der Waals surface area contributed by atoms with Crippen molar-refractivity contribution in [1.82, 2.24) is 19.7 Å². The van der Waals surface area contributed by atoms with Gasteiger partial charge in [-0.1, -0.05) is 0 Å². The molecule has 3 rings (SSSR count). The number of carbonyl (C=O) groups is 1. The molecule has 0 aliphatic heterocycles. The molecule has 21 heavy (non-hydrogen) atoms. The molecule has 3 heterocycles. The Kier molecular flexibility index (Phi) is 3.83. The van der Waals surface area contributed by atoms with Gasteiger partial charge >= 0.3 is 0 Å². The number of hydrogen-bond acceptors (Lipinski definition) is 3. The maximum atomic E-state index is 12.2. The second kappa shape index (κ2) is 5.77. The van der Waals surface area contributed by atoms with Crippen molar-refractivity contribution in [3.8, 4) is 0 Å². The van der Waals surface area contributed by atoms with Gasteiger partial charge in [0.15, 0.2) is 10.3 Å². The van der Waals surface area contributed by atoms with Gasteiger partial charge in [-0.3, -0.25) is 9.48 Å². The third-order valence-corrected chi connectivity index (χ3v) is 3.73. The number of furan rings is 1. The average molecular weight is 351 g/mol. The van der Waals surface area contributed by atoms with Crippen molar-refractivity contribution in [3.63, 3.8) is 0 Å². The summed E-state index contributed by atoms with van der Waals surface area (Å²) in [6.45, 7) is 1.39. The summed E-state index contributed by atoms with van der Waals surface area (Å²) in [5.41, 5.74) is 2.19. The van der Waals surface area contributed by atoms with Gasteiger partial charge in [0.2, 0.25) is 0 Å². The first-order valence-electron chi connectivity index (χ1n) is 6.65. The normalized spacial score (nSPS) is 11.1. The van der Waals surface area contributed by atoms with E-state index in [1.165, 1.54) is 0 Å². The van der Waals surface area contributed by atoms with Crippen LogP contribution in [0.4, 0.5) is 0 Å². The highest BCUT2D eigenvalue weighted by Gasteiger charge is 2.15. The van der Waals surface area contributed by atoms with Gasteiger partial charge in [-0.2, -0.15) is 5.10 Å². The summed E-state index contributed by atoms with van der Waals surface area (Å²) in [5.74, 6) is -0.0968. The number of nitrogens with zero attached hydrogens (tertiary/aromatic N) is 3. The maximum absolute atomic E-state index is 12.2. The maximum Gasteiger partial charge on any atom is 0.268 e. The summed E-state index contributed by atoms with van der Waals surface area (Å²) >= 11 is 3.28. The summed E-state index contributed by atoms with van der Waals surface area (Å²) in [4.78, 5) is 12.2. The van der Waals surface area contributed by atoms with Crippen LogP contribution in [0.1, 0.15) is 16.9 Å². The van der Waals surface area contributed by atoms with Crippen LogP contribution in [0.25, 0.3) is 11.1 Å². The zero-order chi connectivity index (χ0) is 14.8. The van der Waals surface area contributed by atoms with Crippen molar-refractivity contribution < 1.29 is 9.21 Å². The number of hydrogen-bond donors (Lipinski definition) is 1. The van der Waals surface area contributed by atoms with Crippen molar-refractivity contribution in [2.24, 2.45) is 7.05 Å². The fourth-order valence-electron chi connectivity index (χ4n) is 2.27. The van der Waals surface area contributed by atoms with Crippen LogP contribution in [0, 0.1) is 0 Å². The number of fused-ring (bicyclic) bond motifs is 1. The summed E-state index contributed by atoms with van der Waals surface area (Å²) in [7, 11) is 1.85. The van der Waals surface area contributed by atoms with E-state index in [9.17, 15) is 4.79 Å². The van der Waals surface area contributed by atoms with Crippen LogP contribution in [0.3, 0.4) is 0 Å². The lowest BCUT2D eigenvalue weighted by molar-refractivity contribution is 0.0945. The topological polar surface area (TPSA) is 65.0 Å². The molecule has 0 aromatic carbocycles. The van der Waals surface area contributed by atoms with Crippen molar-refractivity contribution in [1.29, 1.82) is 0 Å². The third kappa shape index (κ3) is 2.87. The van der Waals surface area contributed by atoms with E-state index in [0.717, 1.165) is 18.5 Å². The zero-order valence-electron chi connectivity index (χ0n) is 11.5. The SMILES string of the molecule is Cn1c(C(=O)NCCCn2cccn2)cc2oc(Br)cc21. The molecule has 0 saturated heterocycles. The van der Waals surface area contributed by atoms with Gasteiger partial charge in [-0.05, 0) is 28.4 Å². The number of aryl methyl sites for hydroxylation is 2. The van der Waals surface area contributed by atoms with Crippen LogP contribution in [-0.4, -0.2) is 26.8 Å². The second-order valence-electron chi connectivity index (χ2n) is 4.77. The Morgan fingerprint density at radius 2 is 2.33 bits per heavy atom. The lowest BCUT2D eigenvalue weighted by Crippen LogP contribution is -2.27. The lowest BCUT2D eigenvalue weighted by atomic mass is 10.3. The molecule has 0 unspecified atom stereocenters. The van der Waals surface area contributed by atoms with E-state index in [2.05, 4.69) is 26.3 Å². The van der Waals surface area contributed by atoms with Crippen LogP contribution in [-0.2, 0) is 13.6 Å². The van der Waals surface area contributed by atoms with Gasteiger partial charge in [0.25, 0.3) is 5.91 Å². The highest BCUT2D eigenvalue weighted by atomic mass is 79.9. The van der Waals surface area contributed by atoms with Crippen molar-refractivity contribution in [3.05, 3.63) is 41.0 Å². The number of amides is 1. The van der Waals surface area contributed by atoms with Crippen LogP contribution < -0.4 is 5.32 Å². The molecule has 0 fully saturated rings. The summed E-state index contributed by atoms with van der Waals surface area (Å²) < 4.78 is 9.79. The first-order chi connectivity index (χ1) is 10.1. The van der Waals surface area contributed by atoms with Crippen LogP contribution in [0.5, 0.6) is 0 Å². The van der Waals surface area contributed by atoms with Crippen LogP contribution in [0.2, 0.25) is 0 Å². The molecular weight excluding hydrogens is 336 g/mol. The van der Waals surface area contributed by atoms with Gasteiger partial charge in [0.05, 0.1) is 5.52 Å². The lowest BCUT2D eigenvalue weighted by Gasteiger charge is -2.06. The standard InChI is InChI=1S/C14H15BrN4O2/c1-18-10-9-13(15)21-12(10)8-11(18)14(20)16-4-2-6-19-7-3-5-17-19/h3,5,7-9H,2,4,6H2,1H3,(H,16,20). The average Bonchev–Trinajstić information content (AvgIpc) is 3.14. The van der Waals surface area contributed by atoms with Gasteiger partial charge in [0, 0.05) is 44.7 Å². The van der Waals surface area contributed by atoms with E-state index >= 15 is 0 Å². The number of aromatic nitrogens is 3. The molecule has 6 nitrogen and oxygen atoms in total. The molecule has 1 N–H and O–H groups in total. The fraction of sp³-hybridized carbons (Fsp3) is 0.286. The van der Waals surface area contributed by atoms with Gasteiger partial charge < -0.3 is 14.3 Å². The monoisotopic (exact) mass is 350 g/mol. The van der Waals surface area contributed by atoms with Gasteiger partial charge in [-0.25, -0.2) is 0 Å². The van der Waals surface area contributed by atoms with Crippen LogP contribution >= 0.6 is 15.9 Å². The fourth-order valence-corrected chi connectivity index (χ4v) is 2.66. The Balaban J connectivity index is 1.59. The Morgan fingerprint density at radius 1 is 1.48 bits per heavy atom. The minimum absolute atomic E-state index is 0.0968. The highest BCUT2D eigenvalue weighted by Crippen LogP contribution is 2.25. The Hall–Kier alpha value is -2.02. The molecule has 0 atom stereocenters. The molecule has 3 aromatic heterocycles. The largest absolute Gasteiger partial charge is 0.448 e. The van der Waals surface area contributed by atoms with Crippen molar-refractivity contribution >= 4 is 32.9 Å². The number of halogens is 1. The van der Waals surface area contributed by atoms with Crippen LogP contribution in [0.15, 0.2) is 39.7 Å². The minimum Gasteiger partial charge on any atom is -0.448 e. The molecule has 0 aliphatic rings. The molecule has 1 amide bonds. The first-order valence-corrected chi connectivity index (χ1v) is 7.45. The van der Waals surface area contributed by atoms with E-state index < -0.39 is 0 Å². The van der Waals surface area contributed by atoms with Gasteiger partial charge in [-0.15, -0.1) is 0 Å². The van der Waals surface area contributed by atoms with Crippen molar-refractivity contribution in [2.75, 3.05) is 6.54 Å². The number of nitrogens with one attached hydrogen (secondary N) is 1. The van der Waals surface area contributed by atoms with Crippen molar-refractivity contribution in [2.45, 2.75) is 13.0 Å². The molecule has 3 aromatic rings. The summed E-state index contributed by atoms with van der Waals surface area (Å²) in [5, 5.41) is 7.03. The molecule has 7 heteroatoms. The Labute approximate surface area is 129 Å². The molecule has 0 radical (unpaired) electrons. The highest BCUT2D eigenvalue weighted by molar-refractivity contribution is 9.10. The van der Waals surface area contributed by atoms with E-state index in [0.29, 0.717) is 22.5 Å². The third-order valence-electron chi connectivity index (χ3n) is 3.34. The predicted octanol–water partition coefficient (Wildman–Crippen LogP) is 2.55. The predicted molar refractivity (Wildman–Crippen MR) is 82.1 cm³/mol. The van der Waals surface area contributed by atoms with Gasteiger partial charge in [0.1, 0.15) is 5.69 Å². The quantitative estimate of drug-likeness (QED) is 0.719. The van der Waals surface area contributed by atoms with E-state index in [1.54, 1.807) is 12.3 Å².